The van der Waals surface area contributed by atoms with E-state index in [1.165, 1.54) is 0 Å². The first-order valence-corrected chi connectivity index (χ1v) is 8.28. The van der Waals surface area contributed by atoms with Crippen molar-refractivity contribution in [1.82, 2.24) is 14.9 Å². The Labute approximate surface area is 113 Å². The fourth-order valence-electron chi connectivity index (χ4n) is 2.32. The Morgan fingerprint density at radius 1 is 1.58 bits per heavy atom. The molecule has 0 spiro atoms. The summed E-state index contributed by atoms with van der Waals surface area (Å²) in [6.45, 7) is 3.20. The van der Waals surface area contributed by atoms with Crippen LogP contribution in [0, 0.1) is 0 Å². The number of sulfone groups is 1. The maximum atomic E-state index is 12.0. The average molecular weight is 285 g/mol. The summed E-state index contributed by atoms with van der Waals surface area (Å²) in [5, 5.41) is 3.09. The molecule has 1 unspecified atom stereocenters. The van der Waals surface area contributed by atoms with Gasteiger partial charge in [0.15, 0.2) is 9.84 Å². The molecule has 2 rings (SSSR count). The van der Waals surface area contributed by atoms with Gasteiger partial charge in [0.1, 0.15) is 11.6 Å². The van der Waals surface area contributed by atoms with E-state index in [0.717, 1.165) is 12.4 Å². The van der Waals surface area contributed by atoms with Crippen LogP contribution in [-0.2, 0) is 27.6 Å². The van der Waals surface area contributed by atoms with Crippen molar-refractivity contribution >= 4 is 15.6 Å². The zero-order valence-electron chi connectivity index (χ0n) is 11.0. The fourth-order valence-corrected chi connectivity index (χ4v) is 3.76. The molecule has 2 heterocycles. The van der Waals surface area contributed by atoms with Gasteiger partial charge >= 0.3 is 0 Å². The minimum Gasteiger partial charge on any atom is -0.335 e. The highest BCUT2D eigenvalue weighted by Crippen LogP contribution is 2.08. The van der Waals surface area contributed by atoms with Gasteiger partial charge in [-0.1, -0.05) is 0 Å². The topological polar surface area (TPSA) is 81.1 Å². The lowest BCUT2D eigenvalue weighted by Gasteiger charge is -2.22. The Bertz CT molecular complexity index is 550. The Kier molecular flexibility index (Phi) is 4.36. The second kappa shape index (κ2) is 5.83. The molecule has 19 heavy (non-hydrogen) atoms. The van der Waals surface area contributed by atoms with Crippen molar-refractivity contribution in [1.29, 1.82) is 0 Å². The summed E-state index contributed by atoms with van der Waals surface area (Å²) in [7, 11) is -2.99. The van der Waals surface area contributed by atoms with Gasteiger partial charge in [-0.3, -0.25) is 4.79 Å². The largest absolute Gasteiger partial charge is 0.335 e. The number of Topliss-reactive ketones (excluding diaryl/α,β-unsaturated/α-hetero) is 1. The van der Waals surface area contributed by atoms with E-state index in [0.29, 0.717) is 6.54 Å². The highest BCUT2D eigenvalue weighted by Gasteiger charge is 2.26. The summed E-state index contributed by atoms with van der Waals surface area (Å²) in [6.07, 6.45) is 4.02. The Hall–Kier alpha value is -1.21. The number of imidazole rings is 1. The molecule has 0 amide bonds. The summed E-state index contributed by atoms with van der Waals surface area (Å²) in [5.41, 5.74) is 0. The average Bonchev–Trinajstić information content (AvgIpc) is 2.74. The molecule has 0 aromatic carbocycles. The van der Waals surface area contributed by atoms with Gasteiger partial charge in [-0.15, -0.1) is 0 Å². The van der Waals surface area contributed by atoms with Crippen LogP contribution < -0.4 is 5.32 Å². The first kappa shape index (κ1) is 14.2. The molecule has 7 heteroatoms. The second-order valence-corrected chi connectivity index (χ2v) is 7.04. The number of carbonyl (C=O) groups excluding carboxylic acids is 1. The van der Waals surface area contributed by atoms with Gasteiger partial charge in [-0.05, 0) is 6.92 Å². The first-order valence-electron chi connectivity index (χ1n) is 6.45. The number of hydrogen-bond acceptors (Lipinski definition) is 5. The van der Waals surface area contributed by atoms with Gasteiger partial charge in [0.05, 0.1) is 17.9 Å². The van der Waals surface area contributed by atoms with E-state index in [9.17, 15) is 13.2 Å². The highest BCUT2D eigenvalue weighted by atomic mass is 32.2. The fraction of sp³-hybridized carbons (Fsp3) is 0.667. The van der Waals surface area contributed by atoms with E-state index in [1.54, 1.807) is 6.20 Å². The molecule has 1 aliphatic rings. The molecule has 1 aliphatic heterocycles. The number of nitrogens with zero attached hydrogens (tertiary/aromatic N) is 2. The molecular formula is C12H19N3O3S. The van der Waals surface area contributed by atoms with Crippen LogP contribution >= 0.6 is 0 Å². The van der Waals surface area contributed by atoms with E-state index < -0.39 is 9.84 Å². The van der Waals surface area contributed by atoms with Crippen LogP contribution in [0.25, 0.3) is 0 Å². The molecule has 106 valence electrons. The van der Waals surface area contributed by atoms with Crippen LogP contribution in [0.2, 0.25) is 0 Å². The third-order valence-electron chi connectivity index (χ3n) is 3.27. The number of nitrogens with one attached hydrogen (secondary N) is 1. The van der Waals surface area contributed by atoms with Crippen molar-refractivity contribution in [2.75, 3.05) is 18.1 Å². The van der Waals surface area contributed by atoms with Gasteiger partial charge in [0.2, 0.25) is 0 Å². The van der Waals surface area contributed by atoms with Crippen molar-refractivity contribution < 1.29 is 13.2 Å². The van der Waals surface area contributed by atoms with E-state index >= 15 is 0 Å². The van der Waals surface area contributed by atoms with Crippen molar-refractivity contribution in [3.8, 4) is 0 Å². The highest BCUT2D eigenvalue weighted by molar-refractivity contribution is 7.91. The predicted molar refractivity (Wildman–Crippen MR) is 71.7 cm³/mol. The SMILES string of the molecule is CCn1ccnc1CC(=O)CC1CS(=O)(=O)CCN1. The van der Waals surface area contributed by atoms with Crippen molar-refractivity contribution in [3.05, 3.63) is 18.2 Å². The maximum absolute atomic E-state index is 12.0. The number of ketones is 1. The third-order valence-corrected chi connectivity index (χ3v) is 5.01. The number of carbonyl (C=O) groups is 1. The molecule has 1 saturated heterocycles. The number of aryl methyl sites for hydroxylation is 1. The van der Waals surface area contributed by atoms with Gasteiger partial charge in [-0.25, -0.2) is 13.4 Å². The zero-order chi connectivity index (χ0) is 13.9. The molecule has 0 radical (unpaired) electrons. The summed E-state index contributed by atoms with van der Waals surface area (Å²) in [4.78, 5) is 16.1. The Balaban J connectivity index is 1.91. The van der Waals surface area contributed by atoms with Crippen LogP contribution in [0.4, 0.5) is 0 Å². The lowest BCUT2D eigenvalue weighted by Crippen LogP contribution is -2.46. The summed E-state index contributed by atoms with van der Waals surface area (Å²) < 4.78 is 24.9. The molecule has 1 N–H and O–H groups in total. The van der Waals surface area contributed by atoms with Gasteiger partial charge in [0.25, 0.3) is 0 Å². The lowest BCUT2D eigenvalue weighted by molar-refractivity contribution is -0.118. The number of rotatable bonds is 5. The van der Waals surface area contributed by atoms with E-state index in [2.05, 4.69) is 10.3 Å². The van der Waals surface area contributed by atoms with Crippen molar-refractivity contribution in [2.24, 2.45) is 0 Å². The van der Waals surface area contributed by atoms with Crippen molar-refractivity contribution in [2.45, 2.75) is 32.4 Å². The van der Waals surface area contributed by atoms with E-state index in [4.69, 9.17) is 0 Å². The lowest BCUT2D eigenvalue weighted by atomic mass is 10.1. The molecule has 1 aromatic rings. The van der Waals surface area contributed by atoms with Crippen molar-refractivity contribution in [3.63, 3.8) is 0 Å². The zero-order valence-corrected chi connectivity index (χ0v) is 11.8. The normalized spacial score (nSPS) is 22.3. The molecule has 1 aromatic heterocycles. The molecule has 0 aliphatic carbocycles. The third kappa shape index (κ3) is 3.87. The predicted octanol–water partition coefficient (Wildman–Crippen LogP) is -0.209. The summed E-state index contributed by atoms with van der Waals surface area (Å²) >= 11 is 0. The van der Waals surface area contributed by atoms with Crippen LogP contribution in [-0.4, -0.2) is 47.8 Å². The van der Waals surface area contributed by atoms with Crippen LogP contribution in [0.5, 0.6) is 0 Å². The monoisotopic (exact) mass is 285 g/mol. The standard InChI is InChI=1S/C12H19N3O3S/c1-2-15-5-3-14-12(15)8-11(16)7-10-9-19(17,18)6-4-13-10/h3,5,10,13H,2,4,6-9H2,1H3. The molecular weight excluding hydrogens is 266 g/mol. The molecule has 6 nitrogen and oxygen atoms in total. The van der Waals surface area contributed by atoms with Gasteiger partial charge < -0.3 is 9.88 Å². The number of aromatic nitrogens is 2. The van der Waals surface area contributed by atoms with Crippen LogP contribution in [0.3, 0.4) is 0 Å². The second-order valence-electron chi connectivity index (χ2n) is 4.81. The van der Waals surface area contributed by atoms with Gasteiger partial charge in [0, 0.05) is 37.9 Å². The summed E-state index contributed by atoms with van der Waals surface area (Å²) in [6, 6.07) is -0.253. The van der Waals surface area contributed by atoms with E-state index in [-0.39, 0.29) is 36.2 Å². The van der Waals surface area contributed by atoms with E-state index in [1.807, 2.05) is 17.7 Å². The first-order chi connectivity index (χ1) is 9.00. The molecule has 1 atom stereocenters. The summed E-state index contributed by atoms with van der Waals surface area (Å²) in [5.74, 6) is 0.987. The Morgan fingerprint density at radius 3 is 3.05 bits per heavy atom. The number of hydrogen-bond donors (Lipinski definition) is 1. The molecule has 0 saturated carbocycles. The maximum Gasteiger partial charge on any atom is 0.153 e. The molecule has 0 bridgehead atoms. The van der Waals surface area contributed by atoms with Crippen LogP contribution in [0.15, 0.2) is 12.4 Å². The van der Waals surface area contributed by atoms with Gasteiger partial charge in [-0.2, -0.15) is 0 Å². The quantitative estimate of drug-likeness (QED) is 0.809. The Morgan fingerprint density at radius 2 is 2.37 bits per heavy atom. The minimum atomic E-state index is -2.99. The smallest absolute Gasteiger partial charge is 0.153 e. The minimum absolute atomic E-state index is 0.0236. The van der Waals surface area contributed by atoms with Crippen LogP contribution in [0.1, 0.15) is 19.2 Å². The molecule has 1 fully saturated rings.